The fourth-order valence-corrected chi connectivity index (χ4v) is 1.64. The van der Waals surface area contributed by atoms with Crippen LogP contribution in [0, 0.1) is 0 Å². The van der Waals surface area contributed by atoms with Crippen LogP contribution in [-0.2, 0) is 0 Å². The van der Waals surface area contributed by atoms with Crippen LogP contribution >= 0.6 is 0 Å². The molecule has 0 bridgehead atoms. The SMILES string of the molecule is CC(C)=CC=Nc1ccc(-c2ccccc2)cc1. The topological polar surface area (TPSA) is 12.4 Å². The summed E-state index contributed by atoms with van der Waals surface area (Å²) in [7, 11) is 0. The van der Waals surface area contributed by atoms with E-state index >= 15 is 0 Å². The molecule has 0 unspecified atom stereocenters. The highest BCUT2D eigenvalue weighted by Gasteiger charge is 1.95. The van der Waals surface area contributed by atoms with Crippen LogP contribution in [0.1, 0.15) is 13.8 Å². The van der Waals surface area contributed by atoms with Crippen molar-refractivity contribution in [2.24, 2.45) is 4.99 Å². The Morgan fingerprint density at radius 3 is 2.06 bits per heavy atom. The van der Waals surface area contributed by atoms with Gasteiger partial charge >= 0.3 is 0 Å². The summed E-state index contributed by atoms with van der Waals surface area (Å²) in [5.41, 5.74) is 4.68. The van der Waals surface area contributed by atoms with E-state index in [1.165, 1.54) is 16.7 Å². The third kappa shape index (κ3) is 3.42. The molecule has 0 saturated carbocycles. The van der Waals surface area contributed by atoms with Gasteiger partial charge in [0, 0.05) is 6.21 Å². The van der Waals surface area contributed by atoms with Crippen molar-refractivity contribution in [2.45, 2.75) is 13.8 Å². The molecule has 0 aliphatic heterocycles. The van der Waals surface area contributed by atoms with Gasteiger partial charge in [0.25, 0.3) is 0 Å². The van der Waals surface area contributed by atoms with E-state index in [0.717, 1.165) is 5.69 Å². The highest BCUT2D eigenvalue weighted by molar-refractivity contribution is 5.75. The van der Waals surface area contributed by atoms with Crippen molar-refractivity contribution in [3.05, 3.63) is 66.2 Å². The molecule has 0 fully saturated rings. The molecule has 0 aliphatic carbocycles. The molecule has 1 heteroatoms. The van der Waals surface area contributed by atoms with Crippen LogP contribution in [0.3, 0.4) is 0 Å². The van der Waals surface area contributed by atoms with Crippen LogP contribution in [0.4, 0.5) is 5.69 Å². The Hall–Kier alpha value is -2.15. The first-order chi connectivity index (χ1) is 8.75. The maximum Gasteiger partial charge on any atom is 0.0630 e. The number of nitrogens with zero attached hydrogens (tertiary/aromatic N) is 1. The number of rotatable bonds is 3. The van der Waals surface area contributed by atoms with Crippen molar-refractivity contribution in [1.82, 2.24) is 0 Å². The number of benzene rings is 2. The van der Waals surface area contributed by atoms with Crippen LogP contribution < -0.4 is 0 Å². The summed E-state index contributed by atoms with van der Waals surface area (Å²) in [6.45, 7) is 4.12. The molecule has 0 heterocycles. The maximum atomic E-state index is 4.38. The fourth-order valence-electron chi connectivity index (χ4n) is 1.64. The average Bonchev–Trinajstić information content (AvgIpc) is 2.40. The summed E-state index contributed by atoms with van der Waals surface area (Å²) >= 11 is 0. The van der Waals surface area contributed by atoms with E-state index in [2.05, 4.69) is 55.2 Å². The normalized spacial score (nSPS) is 10.6. The Balaban J connectivity index is 2.16. The minimum Gasteiger partial charge on any atom is -0.257 e. The summed E-state index contributed by atoms with van der Waals surface area (Å²) < 4.78 is 0. The lowest BCUT2D eigenvalue weighted by molar-refractivity contribution is 1.40. The van der Waals surface area contributed by atoms with Gasteiger partial charge in [-0.05, 0) is 43.2 Å². The predicted molar refractivity (Wildman–Crippen MR) is 79.5 cm³/mol. The van der Waals surface area contributed by atoms with E-state index in [-0.39, 0.29) is 0 Å². The van der Waals surface area contributed by atoms with Gasteiger partial charge in [0.1, 0.15) is 0 Å². The molecule has 0 spiro atoms. The molecule has 0 aromatic heterocycles. The van der Waals surface area contributed by atoms with Gasteiger partial charge in [-0.15, -0.1) is 0 Å². The van der Waals surface area contributed by atoms with Crippen molar-refractivity contribution in [1.29, 1.82) is 0 Å². The first kappa shape index (κ1) is 12.3. The highest BCUT2D eigenvalue weighted by atomic mass is 14.7. The van der Waals surface area contributed by atoms with Crippen LogP contribution in [0.25, 0.3) is 11.1 Å². The van der Waals surface area contributed by atoms with E-state index < -0.39 is 0 Å². The quantitative estimate of drug-likeness (QED) is 0.662. The largest absolute Gasteiger partial charge is 0.257 e. The minimum atomic E-state index is 0.979. The van der Waals surface area contributed by atoms with Gasteiger partial charge in [-0.3, -0.25) is 4.99 Å². The van der Waals surface area contributed by atoms with Crippen LogP contribution in [0.15, 0.2) is 71.2 Å². The predicted octanol–water partition coefficient (Wildman–Crippen LogP) is 5.02. The Morgan fingerprint density at radius 2 is 1.44 bits per heavy atom. The second-order valence-electron chi connectivity index (χ2n) is 4.44. The standard InChI is InChI=1S/C17H17N/c1-14(2)12-13-18-17-10-8-16(9-11-17)15-6-4-3-5-7-15/h3-13H,1-2H3. The van der Waals surface area contributed by atoms with Crippen LogP contribution in [-0.4, -0.2) is 6.21 Å². The molecular weight excluding hydrogens is 218 g/mol. The van der Waals surface area contributed by atoms with Crippen molar-refractivity contribution in [3.8, 4) is 11.1 Å². The van der Waals surface area contributed by atoms with Gasteiger partial charge in [0.2, 0.25) is 0 Å². The Kier molecular flexibility index (Phi) is 4.08. The van der Waals surface area contributed by atoms with Gasteiger partial charge < -0.3 is 0 Å². The second kappa shape index (κ2) is 5.97. The van der Waals surface area contributed by atoms with Crippen LogP contribution in [0.2, 0.25) is 0 Å². The molecular formula is C17H17N. The number of hydrogen-bond acceptors (Lipinski definition) is 1. The zero-order valence-electron chi connectivity index (χ0n) is 10.8. The maximum absolute atomic E-state index is 4.38. The molecule has 0 aliphatic rings. The number of allylic oxidation sites excluding steroid dienone is 2. The second-order valence-corrected chi connectivity index (χ2v) is 4.44. The van der Waals surface area contributed by atoms with E-state index in [9.17, 15) is 0 Å². The van der Waals surface area contributed by atoms with Gasteiger partial charge in [-0.2, -0.15) is 0 Å². The molecule has 2 rings (SSSR count). The molecule has 2 aromatic rings. The van der Waals surface area contributed by atoms with Crippen molar-refractivity contribution >= 4 is 11.9 Å². The van der Waals surface area contributed by atoms with Gasteiger partial charge in [0.05, 0.1) is 5.69 Å². The van der Waals surface area contributed by atoms with E-state index in [1.807, 2.05) is 30.5 Å². The molecule has 0 radical (unpaired) electrons. The first-order valence-corrected chi connectivity index (χ1v) is 6.09. The van der Waals surface area contributed by atoms with E-state index in [1.54, 1.807) is 0 Å². The molecule has 90 valence electrons. The van der Waals surface area contributed by atoms with Crippen LogP contribution in [0.5, 0.6) is 0 Å². The van der Waals surface area contributed by atoms with Gasteiger partial charge in [0.15, 0.2) is 0 Å². The lowest BCUT2D eigenvalue weighted by atomic mass is 10.1. The molecule has 0 atom stereocenters. The summed E-state index contributed by atoms with van der Waals surface area (Å²) in [5, 5.41) is 0. The number of aliphatic imine (C=N–C) groups is 1. The first-order valence-electron chi connectivity index (χ1n) is 6.09. The summed E-state index contributed by atoms with van der Waals surface area (Å²) in [6, 6.07) is 18.6. The average molecular weight is 235 g/mol. The third-order valence-corrected chi connectivity index (χ3v) is 2.61. The van der Waals surface area contributed by atoms with E-state index in [0.29, 0.717) is 0 Å². The highest BCUT2D eigenvalue weighted by Crippen LogP contribution is 2.21. The van der Waals surface area contributed by atoms with E-state index in [4.69, 9.17) is 0 Å². The minimum absolute atomic E-state index is 0.979. The lowest BCUT2D eigenvalue weighted by Gasteiger charge is -2.01. The lowest BCUT2D eigenvalue weighted by Crippen LogP contribution is -1.76. The van der Waals surface area contributed by atoms with Gasteiger partial charge in [-0.25, -0.2) is 0 Å². The zero-order chi connectivity index (χ0) is 12.8. The molecule has 2 aromatic carbocycles. The zero-order valence-corrected chi connectivity index (χ0v) is 10.8. The molecule has 0 amide bonds. The summed E-state index contributed by atoms with van der Waals surface area (Å²) in [4.78, 5) is 4.38. The molecule has 0 N–H and O–H groups in total. The molecule has 1 nitrogen and oxygen atoms in total. The molecule has 18 heavy (non-hydrogen) atoms. The van der Waals surface area contributed by atoms with Crippen molar-refractivity contribution in [2.75, 3.05) is 0 Å². The third-order valence-electron chi connectivity index (χ3n) is 2.61. The fraction of sp³-hybridized carbons (Fsp3) is 0.118. The Bertz CT molecular complexity index is 544. The van der Waals surface area contributed by atoms with Crippen molar-refractivity contribution < 1.29 is 0 Å². The van der Waals surface area contributed by atoms with Gasteiger partial charge in [-0.1, -0.05) is 48.0 Å². The Labute approximate surface area is 109 Å². The molecule has 0 saturated heterocycles. The monoisotopic (exact) mass is 235 g/mol. The number of hydrogen-bond donors (Lipinski definition) is 0. The summed E-state index contributed by atoms with van der Waals surface area (Å²) in [6.07, 6.45) is 3.85. The van der Waals surface area contributed by atoms with Crippen molar-refractivity contribution in [3.63, 3.8) is 0 Å². The smallest absolute Gasteiger partial charge is 0.0630 e. The summed E-state index contributed by atoms with van der Waals surface area (Å²) in [5.74, 6) is 0. The Morgan fingerprint density at radius 1 is 0.833 bits per heavy atom.